The SMILES string of the molecule is CCOC(C)(CC)c1nc(C=O)cs1. The fourth-order valence-electron chi connectivity index (χ4n) is 1.22. The monoisotopic (exact) mass is 213 g/mol. The van der Waals surface area contributed by atoms with Crippen molar-refractivity contribution in [3.05, 3.63) is 16.1 Å². The molecule has 14 heavy (non-hydrogen) atoms. The lowest BCUT2D eigenvalue weighted by molar-refractivity contribution is -0.0324. The van der Waals surface area contributed by atoms with Crippen molar-refractivity contribution < 1.29 is 9.53 Å². The smallest absolute Gasteiger partial charge is 0.169 e. The number of hydrogen-bond acceptors (Lipinski definition) is 4. The molecule has 0 aliphatic rings. The first kappa shape index (κ1) is 11.3. The van der Waals surface area contributed by atoms with Gasteiger partial charge in [-0.05, 0) is 20.3 Å². The highest BCUT2D eigenvalue weighted by Gasteiger charge is 2.28. The molecule has 0 spiro atoms. The number of carbonyl (C=O) groups is 1. The molecule has 0 aliphatic carbocycles. The molecule has 0 fully saturated rings. The summed E-state index contributed by atoms with van der Waals surface area (Å²) in [5.41, 5.74) is 0.144. The van der Waals surface area contributed by atoms with E-state index in [-0.39, 0.29) is 5.60 Å². The van der Waals surface area contributed by atoms with Gasteiger partial charge in [0.05, 0.1) is 0 Å². The van der Waals surface area contributed by atoms with Crippen LogP contribution < -0.4 is 0 Å². The van der Waals surface area contributed by atoms with Crippen molar-refractivity contribution in [2.45, 2.75) is 32.8 Å². The molecule has 0 bridgehead atoms. The molecule has 78 valence electrons. The maximum Gasteiger partial charge on any atom is 0.169 e. The van der Waals surface area contributed by atoms with Gasteiger partial charge in [0.15, 0.2) is 6.29 Å². The van der Waals surface area contributed by atoms with E-state index >= 15 is 0 Å². The molecule has 1 rings (SSSR count). The van der Waals surface area contributed by atoms with Gasteiger partial charge in [-0.1, -0.05) is 6.92 Å². The average Bonchev–Trinajstić information content (AvgIpc) is 2.66. The fraction of sp³-hybridized carbons (Fsp3) is 0.600. The number of aromatic nitrogens is 1. The summed E-state index contributed by atoms with van der Waals surface area (Å²) in [6.45, 7) is 6.67. The van der Waals surface area contributed by atoms with E-state index in [1.807, 2.05) is 13.8 Å². The van der Waals surface area contributed by atoms with Gasteiger partial charge in [-0.15, -0.1) is 11.3 Å². The lowest BCUT2D eigenvalue weighted by atomic mass is 10.0. The highest BCUT2D eigenvalue weighted by molar-refractivity contribution is 7.10. The van der Waals surface area contributed by atoms with E-state index < -0.39 is 0 Å². The number of nitrogens with zero attached hydrogens (tertiary/aromatic N) is 1. The van der Waals surface area contributed by atoms with Crippen LogP contribution in [0.5, 0.6) is 0 Å². The summed E-state index contributed by atoms with van der Waals surface area (Å²) in [7, 11) is 0. The van der Waals surface area contributed by atoms with Gasteiger partial charge in [0, 0.05) is 12.0 Å². The average molecular weight is 213 g/mol. The van der Waals surface area contributed by atoms with Gasteiger partial charge in [-0.2, -0.15) is 0 Å². The number of hydrogen-bond donors (Lipinski definition) is 0. The van der Waals surface area contributed by atoms with Crippen molar-refractivity contribution in [2.75, 3.05) is 6.61 Å². The van der Waals surface area contributed by atoms with Gasteiger partial charge in [-0.3, -0.25) is 4.79 Å². The summed E-state index contributed by atoms with van der Waals surface area (Å²) in [6, 6.07) is 0. The molecule has 0 N–H and O–H groups in total. The first-order valence-electron chi connectivity index (χ1n) is 4.71. The molecule has 0 saturated heterocycles. The third-order valence-corrected chi connectivity index (χ3v) is 3.34. The van der Waals surface area contributed by atoms with Crippen molar-refractivity contribution in [3.63, 3.8) is 0 Å². The Hall–Kier alpha value is -0.740. The lowest BCUT2D eigenvalue weighted by Crippen LogP contribution is -2.24. The van der Waals surface area contributed by atoms with Crippen molar-refractivity contribution in [3.8, 4) is 0 Å². The normalized spacial score (nSPS) is 15.1. The number of rotatable bonds is 5. The molecular weight excluding hydrogens is 198 g/mol. The molecule has 1 unspecified atom stereocenters. The molecule has 1 aromatic rings. The summed E-state index contributed by atoms with van der Waals surface area (Å²) >= 11 is 1.48. The molecule has 1 atom stereocenters. The summed E-state index contributed by atoms with van der Waals surface area (Å²) in [5.74, 6) is 0. The number of ether oxygens (including phenoxy) is 1. The van der Waals surface area contributed by atoms with Crippen molar-refractivity contribution in [1.29, 1.82) is 0 Å². The van der Waals surface area contributed by atoms with E-state index in [0.29, 0.717) is 12.3 Å². The predicted octanol–water partition coefficient (Wildman–Crippen LogP) is 2.62. The topological polar surface area (TPSA) is 39.2 Å². The Morgan fingerprint density at radius 2 is 2.36 bits per heavy atom. The minimum Gasteiger partial charge on any atom is -0.368 e. The van der Waals surface area contributed by atoms with E-state index in [0.717, 1.165) is 17.7 Å². The van der Waals surface area contributed by atoms with Gasteiger partial charge >= 0.3 is 0 Å². The van der Waals surface area contributed by atoms with Crippen LogP contribution in [0, 0.1) is 0 Å². The fourth-order valence-corrected chi connectivity index (χ4v) is 2.17. The second-order valence-electron chi connectivity index (χ2n) is 3.21. The zero-order valence-electron chi connectivity index (χ0n) is 8.74. The lowest BCUT2D eigenvalue weighted by Gasteiger charge is -2.25. The second kappa shape index (κ2) is 4.66. The van der Waals surface area contributed by atoms with E-state index in [1.54, 1.807) is 5.38 Å². The van der Waals surface area contributed by atoms with E-state index in [1.165, 1.54) is 11.3 Å². The third kappa shape index (κ3) is 2.19. The summed E-state index contributed by atoms with van der Waals surface area (Å²) in [4.78, 5) is 14.7. The molecule has 3 nitrogen and oxygen atoms in total. The highest BCUT2D eigenvalue weighted by Crippen LogP contribution is 2.30. The molecule has 0 saturated carbocycles. The second-order valence-corrected chi connectivity index (χ2v) is 4.07. The van der Waals surface area contributed by atoms with Gasteiger partial charge in [-0.25, -0.2) is 4.98 Å². The maximum atomic E-state index is 10.5. The largest absolute Gasteiger partial charge is 0.368 e. The van der Waals surface area contributed by atoms with E-state index in [4.69, 9.17) is 4.74 Å². The molecule has 0 radical (unpaired) electrons. The zero-order valence-corrected chi connectivity index (χ0v) is 9.56. The Morgan fingerprint density at radius 1 is 1.64 bits per heavy atom. The van der Waals surface area contributed by atoms with Crippen LogP contribution in [0.1, 0.15) is 42.7 Å². The van der Waals surface area contributed by atoms with Gasteiger partial charge < -0.3 is 4.74 Å². The predicted molar refractivity (Wildman–Crippen MR) is 56.8 cm³/mol. The summed E-state index contributed by atoms with van der Waals surface area (Å²) in [5, 5.41) is 2.64. The van der Waals surface area contributed by atoms with Crippen LogP contribution in [-0.4, -0.2) is 17.9 Å². The molecule has 1 heterocycles. The van der Waals surface area contributed by atoms with Crippen LogP contribution in [0.2, 0.25) is 0 Å². The Balaban J connectivity index is 2.93. The van der Waals surface area contributed by atoms with Crippen LogP contribution >= 0.6 is 11.3 Å². The molecule has 0 aliphatic heterocycles. The van der Waals surface area contributed by atoms with Crippen LogP contribution in [0.3, 0.4) is 0 Å². The van der Waals surface area contributed by atoms with Gasteiger partial charge in [0.1, 0.15) is 16.3 Å². The van der Waals surface area contributed by atoms with E-state index in [2.05, 4.69) is 11.9 Å². The van der Waals surface area contributed by atoms with Gasteiger partial charge in [0.25, 0.3) is 0 Å². The minimum absolute atomic E-state index is 0.347. The minimum atomic E-state index is -0.347. The Bertz CT molecular complexity index is 311. The molecule has 0 aromatic carbocycles. The highest BCUT2D eigenvalue weighted by atomic mass is 32.1. The number of carbonyl (C=O) groups excluding carboxylic acids is 1. The third-order valence-electron chi connectivity index (χ3n) is 2.23. The van der Waals surface area contributed by atoms with Crippen LogP contribution in [0.15, 0.2) is 5.38 Å². The molecule has 1 aromatic heterocycles. The Morgan fingerprint density at radius 3 is 2.79 bits per heavy atom. The summed E-state index contributed by atoms with van der Waals surface area (Å²) in [6.07, 6.45) is 1.62. The maximum absolute atomic E-state index is 10.5. The van der Waals surface area contributed by atoms with E-state index in [9.17, 15) is 4.79 Å². The van der Waals surface area contributed by atoms with Crippen molar-refractivity contribution in [1.82, 2.24) is 4.98 Å². The van der Waals surface area contributed by atoms with Gasteiger partial charge in [0.2, 0.25) is 0 Å². The molecule has 0 amide bonds. The number of thiazole rings is 1. The number of aldehydes is 1. The molecular formula is C10H15NO2S. The molecule has 4 heteroatoms. The van der Waals surface area contributed by atoms with Crippen LogP contribution in [0.25, 0.3) is 0 Å². The Labute approximate surface area is 88.1 Å². The van der Waals surface area contributed by atoms with Crippen LogP contribution in [-0.2, 0) is 10.3 Å². The standard InChI is InChI=1S/C10H15NO2S/c1-4-10(3,13-5-2)9-11-8(6-12)7-14-9/h6-7H,4-5H2,1-3H3. The zero-order chi connectivity index (χ0) is 10.6. The quantitative estimate of drug-likeness (QED) is 0.706. The Kier molecular flexibility index (Phi) is 3.77. The van der Waals surface area contributed by atoms with Crippen molar-refractivity contribution >= 4 is 17.6 Å². The van der Waals surface area contributed by atoms with Crippen LogP contribution in [0.4, 0.5) is 0 Å². The van der Waals surface area contributed by atoms with Crippen molar-refractivity contribution in [2.24, 2.45) is 0 Å². The summed E-state index contributed by atoms with van der Waals surface area (Å²) < 4.78 is 5.65. The first-order valence-corrected chi connectivity index (χ1v) is 5.59. The first-order chi connectivity index (χ1) is 6.66.